The molecule has 0 spiro atoms. The summed E-state index contributed by atoms with van der Waals surface area (Å²) in [6, 6.07) is 0.584. The first-order valence-corrected chi connectivity index (χ1v) is 4.96. The van der Waals surface area contributed by atoms with Crippen LogP contribution in [0.4, 0.5) is 0 Å². The van der Waals surface area contributed by atoms with E-state index in [1.165, 1.54) is 12.8 Å². The minimum Gasteiger partial charge on any atom is -0.348 e. The highest BCUT2D eigenvalue weighted by Crippen LogP contribution is 2.01. The summed E-state index contributed by atoms with van der Waals surface area (Å²) < 4.78 is 0. The maximum atomic E-state index is 4.23. The highest BCUT2D eigenvalue weighted by molar-refractivity contribution is 5.08. The number of aromatic amines is 1. The molecule has 3 heteroatoms. The van der Waals surface area contributed by atoms with Gasteiger partial charge >= 0.3 is 0 Å². The molecule has 0 bridgehead atoms. The molecule has 1 aromatic rings. The lowest BCUT2D eigenvalue weighted by Crippen LogP contribution is -2.25. The Bertz CT molecular complexity index is 242. The van der Waals surface area contributed by atoms with Gasteiger partial charge in [-0.25, -0.2) is 4.98 Å². The molecule has 0 aliphatic rings. The van der Waals surface area contributed by atoms with Crippen LogP contribution in [0.15, 0.2) is 6.33 Å². The molecule has 0 aliphatic carbocycles. The van der Waals surface area contributed by atoms with E-state index in [2.05, 4.69) is 36.1 Å². The maximum Gasteiger partial charge on any atom is 0.0925 e. The molecule has 0 aromatic carbocycles. The van der Waals surface area contributed by atoms with Gasteiger partial charge in [-0.1, -0.05) is 13.3 Å². The summed E-state index contributed by atoms with van der Waals surface area (Å²) in [6.45, 7) is 7.34. The summed E-state index contributed by atoms with van der Waals surface area (Å²) in [6.07, 6.45) is 4.20. The summed E-state index contributed by atoms with van der Waals surface area (Å²) in [5.41, 5.74) is 2.29. The number of nitrogens with zero attached hydrogens (tertiary/aromatic N) is 1. The topological polar surface area (TPSA) is 40.7 Å². The molecule has 0 fully saturated rings. The number of hydrogen-bond acceptors (Lipinski definition) is 2. The van der Waals surface area contributed by atoms with Crippen molar-refractivity contribution in [1.82, 2.24) is 15.3 Å². The van der Waals surface area contributed by atoms with Crippen molar-refractivity contribution in [3.63, 3.8) is 0 Å². The van der Waals surface area contributed by atoms with Gasteiger partial charge in [-0.15, -0.1) is 0 Å². The second kappa shape index (κ2) is 5.02. The van der Waals surface area contributed by atoms with Gasteiger partial charge in [0.1, 0.15) is 0 Å². The number of rotatable bonds is 5. The number of nitrogens with one attached hydrogen (secondary N) is 2. The molecule has 1 heterocycles. The maximum absolute atomic E-state index is 4.23. The van der Waals surface area contributed by atoms with Gasteiger partial charge in [0.15, 0.2) is 0 Å². The van der Waals surface area contributed by atoms with Crippen LogP contribution in [0.2, 0.25) is 0 Å². The zero-order chi connectivity index (χ0) is 9.68. The fourth-order valence-corrected chi connectivity index (χ4v) is 1.37. The quantitative estimate of drug-likeness (QED) is 0.729. The number of imidazole rings is 1. The Morgan fingerprint density at radius 1 is 1.62 bits per heavy atom. The Hall–Kier alpha value is -0.830. The average molecular weight is 181 g/mol. The monoisotopic (exact) mass is 181 g/mol. The second-order valence-corrected chi connectivity index (χ2v) is 3.54. The SMILES string of the molecule is CCCC(C)NCc1nc[nH]c1C. The third-order valence-corrected chi connectivity index (χ3v) is 2.27. The van der Waals surface area contributed by atoms with E-state index in [1.54, 1.807) is 6.33 Å². The Morgan fingerprint density at radius 3 is 2.92 bits per heavy atom. The van der Waals surface area contributed by atoms with Crippen molar-refractivity contribution in [3.05, 3.63) is 17.7 Å². The third kappa shape index (κ3) is 3.19. The molecule has 0 radical (unpaired) electrons. The number of aromatic nitrogens is 2. The minimum atomic E-state index is 0.584. The first-order chi connectivity index (χ1) is 6.24. The Morgan fingerprint density at radius 2 is 2.38 bits per heavy atom. The molecule has 3 nitrogen and oxygen atoms in total. The molecular weight excluding hydrogens is 162 g/mol. The van der Waals surface area contributed by atoms with Crippen LogP contribution in [0.25, 0.3) is 0 Å². The minimum absolute atomic E-state index is 0.584. The summed E-state index contributed by atoms with van der Waals surface area (Å²) in [7, 11) is 0. The van der Waals surface area contributed by atoms with Crippen molar-refractivity contribution < 1.29 is 0 Å². The molecule has 1 atom stereocenters. The fraction of sp³-hybridized carbons (Fsp3) is 0.700. The summed E-state index contributed by atoms with van der Waals surface area (Å²) in [5.74, 6) is 0. The molecular formula is C10H19N3. The molecule has 1 unspecified atom stereocenters. The van der Waals surface area contributed by atoms with Crippen LogP contribution in [-0.4, -0.2) is 16.0 Å². The molecule has 0 aliphatic heterocycles. The predicted octanol–water partition coefficient (Wildman–Crippen LogP) is 2.00. The van der Waals surface area contributed by atoms with Crippen LogP contribution in [0.3, 0.4) is 0 Å². The van der Waals surface area contributed by atoms with Gasteiger partial charge in [0.2, 0.25) is 0 Å². The van der Waals surface area contributed by atoms with Crippen molar-refractivity contribution in [2.75, 3.05) is 0 Å². The highest BCUT2D eigenvalue weighted by Gasteiger charge is 2.03. The van der Waals surface area contributed by atoms with Gasteiger partial charge in [0.05, 0.1) is 12.0 Å². The second-order valence-electron chi connectivity index (χ2n) is 3.54. The van der Waals surface area contributed by atoms with Gasteiger partial charge in [0, 0.05) is 18.3 Å². The normalized spacial score (nSPS) is 13.2. The van der Waals surface area contributed by atoms with Crippen LogP contribution < -0.4 is 5.32 Å². The van der Waals surface area contributed by atoms with Gasteiger partial charge in [-0.3, -0.25) is 0 Å². The predicted molar refractivity (Wildman–Crippen MR) is 54.5 cm³/mol. The van der Waals surface area contributed by atoms with Crippen LogP contribution in [-0.2, 0) is 6.54 Å². The van der Waals surface area contributed by atoms with Gasteiger partial charge in [0.25, 0.3) is 0 Å². The molecule has 0 saturated carbocycles. The molecule has 0 saturated heterocycles. The van der Waals surface area contributed by atoms with Crippen LogP contribution in [0.1, 0.15) is 38.1 Å². The van der Waals surface area contributed by atoms with Crippen molar-refractivity contribution in [2.45, 2.75) is 46.2 Å². The first kappa shape index (κ1) is 10.3. The van der Waals surface area contributed by atoms with Crippen molar-refractivity contribution >= 4 is 0 Å². The fourth-order valence-electron chi connectivity index (χ4n) is 1.37. The average Bonchev–Trinajstić information content (AvgIpc) is 2.48. The van der Waals surface area contributed by atoms with E-state index in [9.17, 15) is 0 Å². The van der Waals surface area contributed by atoms with Crippen LogP contribution in [0.5, 0.6) is 0 Å². The van der Waals surface area contributed by atoms with E-state index < -0.39 is 0 Å². The van der Waals surface area contributed by atoms with Crippen LogP contribution >= 0.6 is 0 Å². The zero-order valence-corrected chi connectivity index (χ0v) is 8.72. The van der Waals surface area contributed by atoms with Crippen molar-refractivity contribution in [2.24, 2.45) is 0 Å². The summed E-state index contributed by atoms with van der Waals surface area (Å²) >= 11 is 0. The molecule has 1 aromatic heterocycles. The van der Waals surface area contributed by atoms with Crippen molar-refractivity contribution in [3.8, 4) is 0 Å². The van der Waals surface area contributed by atoms with E-state index in [0.29, 0.717) is 6.04 Å². The van der Waals surface area contributed by atoms with E-state index >= 15 is 0 Å². The van der Waals surface area contributed by atoms with E-state index in [1.807, 2.05) is 0 Å². The van der Waals surface area contributed by atoms with E-state index in [-0.39, 0.29) is 0 Å². The lowest BCUT2D eigenvalue weighted by atomic mass is 10.2. The largest absolute Gasteiger partial charge is 0.348 e. The van der Waals surface area contributed by atoms with Gasteiger partial charge in [-0.2, -0.15) is 0 Å². The Balaban J connectivity index is 2.30. The zero-order valence-electron chi connectivity index (χ0n) is 8.72. The Kier molecular flexibility index (Phi) is 3.96. The number of hydrogen-bond donors (Lipinski definition) is 2. The lowest BCUT2D eigenvalue weighted by Gasteiger charge is -2.11. The molecule has 74 valence electrons. The summed E-state index contributed by atoms with van der Waals surface area (Å²) in [4.78, 5) is 7.30. The summed E-state index contributed by atoms with van der Waals surface area (Å²) in [5, 5.41) is 3.44. The third-order valence-electron chi connectivity index (χ3n) is 2.27. The van der Waals surface area contributed by atoms with Gasteiger partial charge in [-0.05, 0) is 20.3 Å². The van der Waals surface area contributed by atoms with E-state index in [0.717, 1.165) is 17.9 Å². The van der Waals surface area contributed by atoms with Gasteiger partial charge < -0.3 is 10.3 Å². The van der Waals surface area contributed by atoms with E-state index in [4.69, 9.17) is 0 Å². The standard InChI is InChI=1S/C10H19N3/c1-4-5-8(2)11-6-10-9(3)12-7-13-10/h7-8,11H,4-6H2,1-3H3,(H,12,13). The first-order valence-electron chi connectivity index (χ1n) is 4.96. The molecule has 0 amide bonds. The molecule has 2 N–H and O–H groups in total. The highest BCUT2D eigenvalue weighted by atomic mass is 15.0. The smallest absolute Gasteiger partial charge is 0.0925 e. The van der Waals surface area contributed by atoms with Crippen molar-refractivity contribution in [1.29, 1.82) is 0 Å². The lowest BCUT2D eigenvalue weighted by molar-refractivity contribution is 0.504. The number of aryl methyl sites for hydroxylation is 1. The Labute approximate surface area is 80.0 Å². The molecule has 13 heavy (non-hydrogen) atoms. The number of H-pyrrole nitrogens is 1. The molecule has 1 rings (SSSR count). The van der Waals surface area contributed by atoms with Crippen LogP contribution in [0, 0.1) is 6.92 Å².